The number of rotatable bonds is 5. The zero-order valence-corrected chi connectivity index (χ0v) is 12.6. The molecule has 0 bridgehead atoms. The van der Waals surface area contributed by atoms with Crippen LogP contribution in [0.5, 0.6) is 0 Å². The summed E-state index contributed by atoms with van der Waals surface area (Å²) in [6.45, 7) is 1.93. The molecular weight excluding hydrogens is 292 g/mol. The molecule has 3 aromatic rings. The number of pyridine rings is 1. The van der Waals surface area contributed by atoms with E-state index in [1.807, 2.05) is 43.3 Å². The molecule has 2 aromatic heterocycles. The summed E-state index contributed by atoms with van der Waals surface area (Å²) in [4.78, 5) is 16.2. The van der Waals surface area contributed by atoms with Crippen LogP contribution in [-0.4, -0.2) is 21.1 Å². The number of hydrogen-bond acceptors (Lipinski definition) is 5. The first kappa shape index (κ1) is 14.9. The van der Waals surface area contributed by atoms with E-state index >= 15 is 0 Å². The molecule has 116 valence electrons. The van der Waals surface area contributed by atoms with Gasteiger partial charge in [0.25, 0.3) is 5.89 Å². The number of carbonyl (C=O) groups is 1. The quantitative estimate of drug-likeness (QED) is 0.783. The Morgan fingerprint density at radius 1 is 1.13 bits per heavy atom. The Balaban J connectivity index is 1.61. The molecule has 1 aromatic carbocycles. The van der Waals surface area contributed by atoms with Gasteiger partial charge in [-0.3, -0.25) is 9.78 Å². The van der Waals surface area contributed by atoms with Crippen molar-refractivity contribution in [3.05, 3.63) is 66.2 Å². The van der Waals surface area contributed by atoms with Crippen molar-refractivity contribution in [2.45, 2.75) is 19.4 Å². The molecule has 0 saturated heterocycles. The summed E-state index contributed by atoms with van der Waals surface area (Å²) in [5, 5.41) is 10.7. The Morgan fingerprint density at radius 3 is 2.65 bits per heavy atom. The standard InChI is InChI=1S/C17H16N4O2/c1-12(13-7-3-2-4-8-13)19-15(22)11-16-20-21-17(23-16)14-9-5-6-10-18-14/h2-10,12H,11H2,1H3,(H,19,22)/t12-/m1/s1. The van der Waals surface area contributed by atoms with Gasteiger partial charge in [0, 0.05) is 6.20 Å². The minimum absolute atomic E-state index is 0.0387. The molecule has 1 atom stereocenters. The lowest BCUT2D eigenvalue weighted by atomic mass is 10.1. The highest BCUT2D eigenvalue weighted by molar-refractivity contribution is 5.78. The van der Waals surface area contributed by atoms with Gasteiger partial charge in [-0.2, -0.15) is 0 Å². The number of carbonyl (C=O) groups excluding carboxylic acids is 1. The lowest BCUT2D eigenvalue weighted by Crippen LogP contribution is -2.28. The molecule has 3 rings (SSSR count). The molecular formula is C17H16N4O2. The van der Waals surface area contributed by atoms with Gasteiger partial charge in [-0.1, -0.05) is 36.4 Å². The molecule has 0 aliphatic carbocycles. The van der Waals surface area contributed by atoms with Crippen molar-refractivity contribution in [3.8, 4) is 11.6 Å². The second-order valence-electron chi connectivity index (χ2n) is 5.09. The summed E-state index contributed by atoms with van der Waals surface area (Å²) < 4.78 is 5.48. The normalized spacial score (nSPS) is 11.9. The summed E-state index contributed by atoms with van der Waals surface area (Å²) in [7, 11) is 0. The van der Waals surface area contributed by atoms with E-state index in [9.17, 15) is 4.79 Å². The molecule has 1 amide bonds. The molecule has 23 heavy (non-hydrogen) atoms. The predicted octanol–water partition coefficient (Wildman–Crippen LogP) is 2.55. The van der Waals surface area contributed by atoms with Crippen molar-refractivity contribution in [1.82, 2.24) is 20.5 Å². The van der Waals surface area contributed by atoms with E-state index in [1.54, 1.807) is 18.3 Å². The number of nitrogens with one attached hydrogen (secondary N) is 1. The zero-order chi connectivity index (χ0) is 16.1. The van der Waals surface area contributed by atoms with Crippen LogP contribution in [0.15, 0.2) is 59.1 Å². The van der Waals surface area contributed by atoms with Crippen molar-refractivity contribution < 1.29 is 9.21 Å². The summed E-state index contributed by atoms with van der Waals surface area (Å²) in [5.41, 5.74) is 1.63. The van der Waals surface area contributed by atoms with Crippen LogP contribution in [-0.2, 0) is 11.2 Å². The summed E-state index contributed by atoms with van der Waals surface area (Å²) in [5.74, 6) is 0.408. The Bertz CT molecular complexity index is 772. The number of nitrogens with zero attached hydrogens (tertiary/aromatic N) is 3. The maximum Gasteiger partial charge on any atom is 0.266 e. The van der Waals surface area contributed by atoms with Crippen LogP contribution in [0.3, 0.4) is 0 Å². The molecule has 0 aliphatic rings. The Morgan fingerprint density at radius 2 is 1.91 bits per heavy atom. The van der Waals surface area contributed by atoms with Gasteiger partial charge in [0.1, 0.15) is 12.1 Å². The van der Waals surface area contributed by atoms with Crippen molar-refractivity contribution in [2.24, 2.45) is 0 Å². The average Bonchev–Trinajstić information content (AvgIpc) is 3.04. The van der Waals surface area contributed by atoms with Crippen molar-refractivity contribution in [1.29, 1.82) is 0 Å². The summed E-state index contributed by atoms with van der Waals surface area (Å²) in [6, 6.07) is 15.1. The molecule has 6 nitrogen and oxygen atoms in total. The van der Waals surface area contributed by atoms with Crippen molar-refractivity contribution >= 4 is 5.91 Å². The molecule has 1 N–H and O–H groups in total. The van der Waals surface area contributed by atoms with Gasteiger partial charge in [-0.05, 0) is 24.6 Å². The van der Waals surface area contributed by atoms with Crippen LogP contribution in [0, 0.1) is 0 Å². The first-order valence-electron chi connectivity index (χ1n) is 7.30. The predicted molar refractivity (Wildman–Crippen MR) is 84.2 cm³/mol. The van der Waals surface area contributed by atoms with Gasteiger partial charge < -0.3 is 9.73 Å². The molecule has 6 heteroatoms. The first-order valence-corrected chi connectivity index (χ1v) is 7.30. The second-order valence-corrected chi connectivity index (χ2v) is 5.09. The van der Waals surface area contributed by atoms with Crippen LogP contribution in [0.2, 0.25) is 0 Å². The van der Waals surface area contributed by atoms with Crippen LogP contribution < -0.4 is 5.32 Å². The maximum atomic E-state index is 12.1. The molecule has 0 fully saturated rings. The van der Waals surface area contributed by atoms with Crippen LogP contribution in [0.25, 0.3) is 11.6 Å². The molecule has 0 saturated carbocycles. The Labute approximate surface area is 133 Å². The molecule has 0 aliphatic heterocycles. The second kappa shape index (κ2) is 6.83. The zero-order valence-electron chi connectivity index (χ0n) is 12.6. The fraction of sp³-hybridized carbons (Fsp3) is 0.176. The summed E-state index contributed by atoms with van der Waals surface area (Å²) >= 11 is 0. The van der Waals surface area contributed by atoms with Gasteiger partial charge in [-0.15, -0.1) is 10.2 Å². The van der Waals surface area contributed by atoms with E-state index in [4.69, 9.17) is 4.42 Å². The molecule has 0 spiro atoms. The Hall–Kier alpha value is -3.02. The van der Waals surface area contributed by atoms with E-state index < -0.39 is 0 Å². The van der Waals surface area contributed by atoms with Crippen LogP contribution in [0.4, 0.5) is 0 Å². The van der Waals surface area contributed by atoms with E-state index in [2.05, 4.69) is 20.5 Å². The largest absolute Gasteiger partial charge is 0.419 e. The smallest absolute Gasteiger partial charge is 0.266 e. The highest BCUT2D eigenvalue weighted by Crippen LogP contribution is 2.15. The first-order chi connectivity index (χ1) is 11.2. The van der Waals surface area contributed by atoms with E-state index in [1.165, 1.54) is 0 Å². The number of benzene rings is 1. The third-order valence-corrected chi connectivity index (χ3v) is 3.34. The van der Waals surface area contributed by atoms with E-state index in [0.29, 0.717) is 11.6 Å². The Kier molecular flexibility index (Phi) is 4.42. The fourth-order valence-corrected chi connectivity index (χ4v) is 2.17. The lowest BCUT2D eigenvalue weighted by molar-refractivity contribution is -0.121. The SMILES string of the molecule is C[C@@H](NC(=O)Cc1nnc(-c2ccccn2)o1)c1ccccc1. The topological polar surface area (TPSA) is 80.9 Å². The van der Waals surface area contributed by atoms with Crippen molar-refractivity contribution in [3.63, 3.8) is 0 Å². The molecule has 2 heterocycles. The van der Waals surface area contributed by atoms with Crippen molar-refractivity contribution in [2.75, 3.05) is 0 Å². The van der Waals surface area contributed by atoms with Gasteiger partial charge in [0.05, 0.1) is 6.04 Å². The van der Waals surface area contributed by atoms with Crippen LogP contribution >= 0.6 is 0 Å². The third kappa shape index (κ3) is 3.79. The van der Waals surface area contributed by atoms with Gasteiger partial charge in [0.2, 0.25) is 11.8 Å². The highest BCUT2D eigenvalue weighted by atomic mass is 16.4. The van der Waals surface area contributed by atoms with Gasteiger partial charge >= 0.3 is 0 Å². The minimum atomic E-state index is -0.169. The van der Waals surface area contributed by atoms with Gasteiger partial charge in [0.15, 0.2) is 0 Å². The highest BCUT2D eigenvalue weighted by Gasteiger charge is 2.15. The fourth-order valence-electron chi connectivity index (χ4n) is 2.17. The third-order valence-electron chi connectivity index (χ3n) is 3.34. The lowest BCUT2D eigenvalue weighted by Gasteiger charge is -2.13. The maximum absolute atomic E-state index is 12.1. The van der Waals surface area contributed by atoms with E-state index in [0.717, 1.165) is 5.56 Å². The summed E-state index contributed by atoms with van der Waals surface area (Å²) in [6.07, 6.45) is 1.68. The van der Waals surface area contributed by atoms with Crippen LogP contribution in [0.1, 0.15) is 24.4 Å². The van der Waals surface area contributed by atoms with Gasteiger partial charge in [-0.25, -0.2) is 0 Å². The molecule has 0 radical (unpaired) electrons. The monoisotopic (exact) mass is 308 g/mol. The number of amides is 1. The number of aromatic nitrogens is 3. The van der Waals surface area contributed by atoms with E-state index in [-0.39, 0.29) is 24.3 Å². The number of hydrogen-bond donors (Lipinski definition) is 1. The minimum Gasteiger partial charge on any atom is -0.419 e. The average molecular weight is 308 g/mol. The molecule has 0 unspecified atom stereocenters.